The van der Waals surface area contributed by atoms with Gasteiger partial charge < -0.3 is 5.73 Å². The van der Waals surface area contributed by atoms with Crippen LogP contribution in [0.4, 0.5) is 8.78 Å². The predicted molar refractivity (Wildman–Crippen MR) is 69.9 cm³/mol. The van der Waals surface area contributed by atoms with Crippen LogP contribution in [0.1, 0.15) is 48.9 Å². The lowest BCUT2D eigenvalue weighted by Crippen LogP contribution is -2.38. The Balaban J connectivity index is 2.31. The van der Waals surface area contributed by atoms with Gasteiger partial charge in [0.05, 0.1) is 0 Å². The molecule has 1 aliphatic rings. The first-order chi connectivity index (χ1) is 9.09. The van der Waals surface area contributed by atoms with Crippen molar-refractivity contribution in [2.75, 3.05) is 6.54 Å². The van der Waals surface area contributed by atoms with E-state index in [2.05, 4.69) is 0 Å². The summed E-state index contributed by atoms with van der Waals surface area (Å²) in [6.45, 7) is 0.269. The molecule has 0 radical (unpaired) electrons. The fourth-order valence-corrected chi connectivity index (χ4v) is 2.87. The molecule has 0 unspecified atom stereocenters. The molecule has 4 heteroatoms. The minimum Gasteiger partial charge on any atom is -0.329 e. The Hall–Kier alpha value is -1.29. The van der Waals surface area contributed by atoms with E-state index in [0.717, 1.165) is 50.7 Å². The highest BCUT2D eigenvalue weighted by molar-refractivity contribution is 6.00. The zero-order valence-electron chi connectivity index (χ0n) is 10.9. The van der Waals surface area contributed by atoms with Gasteiger partial charge in [-0.25, -0.2) is 8.78 Å². The SMILES string of the molecule is NCC1(C(=O)c2ccc(F)c(F)c2)CCCCCC1. The molecule has 0 heterocycles. The van der Waals surface area contributed by atoms with Crippen LogP contribution in [0.25, 0.3) is 0 Å². The highest BCUT2D eigenvalue weighted by atomic mass is 19.2. The third-order valence-corrected chi connectivity index (χ3v) is 4.11. The molecule has 0 atom stereocenters. The topological polar surface area (TPSA) is 43.1 Å². The van der Waals surface area contributed by atoms with Crippen molar-refractivity contribution in [2.45, 2.75) is 38.5 Å². The molecule has 1 aliphatic carbocycles. The predicted octanol–water partition coefficient (Wildman–Crippen LogP) is 3.45. The molecule has 0 aliphatic heterocycles. The molecule has 1 aromatic rings. The molecule has 0 amide bonds. The summed E-state index contributed by atoms with van der Waals surface area (Å²) in [5.41, 5.74) is 5.46. The van der Waals surface area contributed by atoms with Gasteiger partial charge in [0.25, 0.3) is 0 Å². The zero-order chi connectivity index (χ0) is 13.9. The Bertz CT molecular complexity index is 465. The first-order valence-corrected chi connectivity index (χ1v) is 6.79. The lowest BCUT2D eigenvalue weighted by atomic mass is 9.74. The number of halogens is 2. The standard InChI is InChI=1S/C15H19F2NO/c16-12-6-5-11(9-13(12)17)14(19)15(10-18)7-3-1-2-4-8-15/h5-6,9H,1-4,7-8,10,18H2. The van der Waals surface area contributed by atoms with Crippen molar-refractivity contribution in [3.63, 3.8) is 0 Å². The van der Waals surface area contributed by atoms with E-state index >= 15 is 0 Å². The van der Waals surface area contributed by atoms with E-state index in [-0.39, 0.29) is 17.9 Å². The number of Topliss-reactive ketones (excluding diaryl/α,β-unsaturated/α-hetero) is 1. The van der Waals surface area contributed by atoms with E-state index in [9.17, 15) is 13.6 Å². The van der Waals surface area contributed by atoms with Gasteiger partial charge in [0.1, 0.15) is 0 Å². The fraction of sp³-hybridized carbons (Fsp3) is 0.533. The van der Waals surface area contributed by atoms with Crippen molar-refractivity contribution in [1.29, 1.82) is 0 Å². The van der Waals surface area contributed by atoms with Crippen molar-refractivity contribution >= 4 is 5.78 Å². The highest BCUT2D eigenvalue weighted by Crippen LogP contribution is 2.37. The van der Waals surface area contributed by atoms with Crippen LogP contribution in [0.3, 0.4) is 0 Å². The molecule has 1 aromatic carbocycles. The number of carbonyl (C=O) groups excluding carboxylic acids is 1. The molecular formula is C15H19F2NO. The van der Waals surface area contributed by atoms with Gasteiger partial charge in [-0.3, -0.25) is 4.79 Å². The van der Waals surface area contributed by atoms with Crippen LogP contribution in [0.15, 0.2) is 18.2 Å². The molecule has 2 N–H and O–H groups in total. The second-order valence-corrected chi connectivity index (χ2v) is 5.36. The van der Waals surface area contributed by atoms with Gasteiger partial charge in [-0.05, 0) is 31.0 Å². The zero-order valence-corrected chi connectivity index (χ0v) is 10.9. The molecule has 0 bridgehead atoms. The second-order valence-electron chi connectivity index (χ2n) is 5.36. The molecular weight excluding hydrogens is 248 g/mol. The molecule has 2 rings (SSSR count). The minimum atomic E-state index is -0.980. The molecule has 0 spiro atoms. The number of carbonyl (C=O) groups is 1. The van der Waals surface area contributed by atoms with Crippen LogP contribution in [-0.4, -0.2) is 12.3 Å². The number of hydrogen-bond acceptors (Lipinski definition) is 2. The summed E-state index contributed by atoms with van der Waals surface area (Å²) in [7, 11) is 0. The van der Waals surface area contributed by atoms with Crippen molar-refractivity contribution in [3.05, 3.63) is 35.4 Å². The average molecular weight is 267 g/mol. The monoisotopic (exact) mass is 267 g/mol. The lowest BCUT2D eigenvalue weighted by molar-refractivity contribution is 0.0773. The van der Waals surface area contributed by atoms with Gasteiger partial charge in [-0.2, -0.15) is 0 Å². The second kappa shape index (κ2) is 5.78. The van der Waals surface area contributed by atoms with Crippen molar-refractivity contribution in [1.82, 2.24) is 0 Å². The normalized spacial score (nSPS) is 18.9. The van der Waals surface area contributed by atoms with Crippen LogP contribution in [0.5, 0.6) is 0 Å². The van der Waals surface area contributed by atoms with Crippen LogP contribution in [0.2, 0.25) is 0 Å². The lowest BCUT2D eigenvalue weighted by Gasteiger charge is -2.29. The Morgan fingerprint density at radius 2 is 1.74 bits per heavy atom. The summed E-state index contributed by atoms with van der Waals surface area (Å²) in [4.78, 5) is 12.6. The summed E-state index contributed by atoms with van der Waals surface area (Å²) in [6.07, 6.45) is 5.61. The molecule has 104 valence electrons. The van der Waals surface area contributed by atoms with E-state index in [1.54, 1.807) is 0 Å². The van der Waals surface area contributed by atoms with E-state index in [1.807, 2.05) is 0 Å². The Morgan fingerprint density at radius 1 is 1.11 bits per heavy atom. The average Bonchev–Trinajstić information content (AvgIpc) is 2.67. The van der Waals surface area contributed by atoms with E-state index in [4.69, 9.17) is 5.73 Å². The Kier molecular flexibility index (Phi) is 4.30. The molecule has 2 nitrogen and oxygen atoms in total. The number of nitrogens with two attached hydrogens (primary N) is 1. The maximum atomic E-state index is 13.3. The van der Waals surface area contributed by atoms with Gasteiger partial charge in [0.15, 0.2) is 17.4 Å². The smallest absolute Gasteiger partial charge is 0.170 e. The van der Waals surface area contributed by atoms with Crippen molar-refractivity contribution in [3.8, 4) is 0 Å². The summed E-state index contributed by atoms with van der Waals surface area (Å²) >= 11 is 0. The highest BCUT2D eigenvalue weighted by Gasteiger charge is 2.37. The summed E-state index contributed by atoms with van der Waals surface area (Å²) < 4.78 is 26.2. The number of benzene rings is 1. The largest absolute Gasteiger partial charge is 0.329 e. The maximum absolute atomic E-state index is 13.3. The summed E-state index contributed by atoms with van der Waals surface area (Å²) in [5.74, 6) is -2.05. The minimum absolute atomic E-state index is 0.143. The van der Waals surface area contributed by atoms with Gasteiger partial charge in [-0.15, -0.1) is 0 Å². The first-order valence-electron chi connectivity index (χ1n) is 6.79. The maximum Gasteiger partial charge on any atom is 0.170 e. The molecule has 1 fully saturated rings. The Labute approximate surface area is 112 Å². The number of ketones is 1. The number of hydrogen-bond donors (Lipinski definition) is 1. The van der Waals surface area contributed by atoms with E-state index < -0.39 is 17.0 Å². The quantitative estimate of drug-likeness (QED) is 0.673. The van der Waals surface area contributed by atoms with Gasteiger partial charge in [0.2, 0.25) is 0 Å². The third-order valence-electron chi connectivity index (χ3n) is 4.11. The Morgan fingerprint density at radius 3 is 2.26 bits per heavy atom. The summed E-state index contributed by atoms with van der Waals surface area (Å²) in [6, 6.07) is 3.34. The van der Waals surface area contributed by atoms with Gasteiger partial charge in [0, 0.05) is 17.5 Å². The van der Waals surface area contributed by atoms with Crippen LogP contribution < -0.4 is 5.73 Å². The third kappa shape index (κ3) is 2.84. The van der Waals surface area contributed by atoms with E-state index in [1.165, 1.54) is 6.07 Å². The van der Waals surface area contributed by atoms with Gasteiger partial charge >= 0.3 is 0 Å². The molecule has 1 saturated carbocycles. The van der Waals surface area contributed by atoms with Crippen molar-refractivity contribution < 1.29 is 13.6 Å². The molecule has 0 aromatic heterocycles. The number of rotatable bonds is 3. The van der Waals surface area contributed by atoms with Crippen molar-refractivity contribution in [2.24, 2.45) is 11.1 Å². The van der Waals surface area contributed by atoms with Crippen LogP contribution in [0, 0.1) is 17.0 Å². The van der Waals surface area contributed by atoms with Gasteiger partial charge in [-0.1, -0.05) is 25.7 Å². The van der Waals surface area contributed by atoms with E-state index in [0.29, 0.717) is 0 Å². The first kappa shape index (κ1) is 14.1. The fourth-order valence-electron chi connectivity index (χ4n) is 2.87. The molecule has 19 heavy (non-hydrogen) atoms. The van der Waals surface area contributed by atoms with Crippen LogP contribution >= 0.6 is 0 Å². The van der Waals surface area contributed by atoms with Crippen LogP contribution in [-0.2, 0) is 0 Å². The summed E-state index contributed by atoms with van der Waals surface area (Å²) in [5, 5.41) is 0. The molecule has 0 saturated heterocycles.